The van der Waals surface area contributed by atoms with Crippen molar-refractivity contribution in [2.75, 3.05) is 29.6 Å². The quantitative estimate of drug-likeness (QED) is 0.602. The van der Waals surface area contributed by atoms with Gasteiger partial charge in [-0.3, -0.25) is 11.3 Å². The van der Waals surface area contributed by atoms with Gasteiger partial charge in [-0.15, -0.1) is 0 Å². The molecule has 122 valence electrons. The lowest BCUT2D eigenvalue weighted by Crippen LogP contribution is -2.55. The Morgan fingerprint density at radius 2 is 2.19 bits per heavy atom. The average molecular weight is 349 g/mol. The molecule has 3 fully saturated rings. The van der Waals surface area contributed by atoms with Gasteiger partial charge in [-0.1, -0.05) is 6.92 Å². The summed E-state index contributed by atoms with van der Waals surface area (Å²) in [6.07, 6.45) is 4.85. The zero-order chi connectivity index (χ0) is 14.7. The molecule has 0 aromatic heterocycles. The molecule has 6 heteroatoms. The molecule has 0 aromatic rings. The van der Waals surface area contributed by atoms with Crippen molar-refractivity contribution < 1.29 is 4.74 Å². The van der Waals surface area contributed by atoms with Gasteiger partial charge in [0.1, 0.15) is 0 Å². The molecule has 0 radical (unpaired) electrons. The Bertz CT molecular complexity index is 339. The Labute approximate surface area is 141 Å². The summed E-state index contributed by atoms with van der Waals surface area (Å²) in [5.74, 6) is 11.7. The zero-order valence-electron chi connectivity index (χ0n) is 12.9. The summed E-state index contributed by atoms with van der Waals surface area (Å²) < 4.78 is 6.19. The highest BCUT2D eigenvalue weighted by Crippen LogP contribution is 2.44. The van der Waals surface area contributed by atoms with Crippen molar-refractivity contribution in [3.63, 3.8) is 0 Å². The van der Waals surface area contributed by atoms with Crippen LogP contribution in [-0.2, 0) is 4.74 Å². The van der Waals surface area contributed by atoms with Gasteiger partial charge in [0.2, 0.25) is 0 Å². The molecule has 3 aliphatic heterocycles. The van der Waals surface area contributed by atoms with Crippen LogP contribution in [0.4, 0.5) is 0 Å². The van der Waals surface area contributed by atoms with Gasteiger partial charge in [0.25, 0.3) is 0 Å². The summed E-state index contributed by atoms with van der Waals surface area (Å²) in [7, 11) is 0. The van der Waals surface area contributed by atoms with E-state index in [1.165, 1.54) is 48.7 Å². The summed E-state index contributed by atoms with van der Waals surface area (Å²) in [5, 5.41) is 1.41. The number of ether oxygens (including phenoxy) is 1. The number of thioether (sulfide) groups is 3. The van der Waals surface area contributed by atoms with Crippen molar-refractivity contribution in [1.29, 1.82) is 0 Å². The third-order valence-corrected chi connectivity index (χ3v) is 9.74. The first-order chi connectivity index (χ1) is 10.3. The van der Waals surface area contributed by atoms with Crippen LogP contribution in [0.2, 0.25) is 0 Å². The van der Waals surface area contributed by atoms with Crippen LogP contribution < -0.4 is 11.3 Å². The third-order valence-electron chi connectivity index (χ3n) is 5.15. The fourth-order valence-corrected chi connectivity index (χ4v) is 8.71. The van der Waals surface area contributed by atoms with Crippen LogP contribution in [0.25, 0.3) is 0 Å². The molecule has 3 aliphatic rings. The molecule has 3 rings (SSSR count). The Hall–Kier alpha value is 0.930. The standard InChI is InChI=1S/C15H28N2OS3/c1-2-12-14(21-8-7-20-12)13(17-16)11-3-5-18-15(9-11)4-6-19-10-15/h11-14,17H,2-10,16H2,1H3. The minimum atomic E-state index is 0.164. The minimum absolute atomic E-state index is 0.164. The number of hydrazine groups is 1. The SMILES string of the molecule is CCC1SCCSC1C(NN)C1CCOC2(CCSC2)C1. The molecule has 5 atom stereocenters. The second-order valence-electron chi connectivity index (χ2n) is 6.43. The Balaban J connectivity index is 1.69. The lowest BCUT2D eigenvalue weighted by Gasteiger charge is -2.45. The molecule has 5 unspecified atom stereocenters. The van der Waals surface area contributed by atoms with E-state index in [4.69, 9.17) is 10.6 Å². The zero-order valence-corrected chi connectivity index (χ0v) is 15.3. The first kappa shape index (κ1) is 16.8. The lowest BCUT2D eigenvalue weighted by molar-refractivity contribution is -0.0851. The second kappa shape index (κ2) is 7.67. The van der Waals surface area contributed by atoms with E-state index in [1.807, 2.05) is 0 Å². The van der Waals surface area contributed by atoms with Crippen LogP contribution >= 0.6 is 35.3 Å². The first-order valence-corrected chi connectivity index (χ1v) is 11.4. The van der Waals surface area contributed by atoms with Gasteiger partial charge >= 0.3 is 0 Å². The minimum Gasteiger partial charge on any atom is -0.374 e. The molecule has 21 heavy (non-hydrogen) atoms. The molecule has 3 N–H and O–H groups in total. The fourth-order valence-electron chi connectivity index (χ4n) is 4.01. The fraction of sp³-hybridized carbons (Fsp3) is 1.00. The molecule has 0 aliphatic carbocycles. The van der Waals surface area contributed by atoms with Crippen molar-refractivity contribution in [2.24, 2.45) is 11.8 Å². The molecule has 1 spiro atoms. The van der Waals surface area contributed by atoms with Gasteiger partial charge in [0.15, 0.2) is 0 Å². The summed E-state index contributed by atoms with van der Waals surface area (Å²) in [6.45, 7) is 3.24. The van der Waals surface area contributed by atoms with Crippen LogP contribution in [0.3, 0.4) is 0 Å². The Morgan fingerprint density at radius 1 is 1.33 bits per heavy atom. The van der Waals surface area contributed by atoms with Crippen molar-refractivity contribution in [3.8, 4) is 0 Å². The predicted molar refractivity (Wildman–Crippen MR) is 97.2 cm³/mol. The van der Waals surface area contributed by atoms with Crippen LogP contribution in [0.5, 0.6) is 0 Å². The van der Waals surface area contributed by atoms with E-state index in [1.54, 1.807) is 0 Å². The van der Waals surface area contributed by atoms with Gasteiger partial charge in [0, 0.05) is 40.4 Å². The molecular formula is C15H28N2OS3. The van der Waals surface area contributed by atoms with E-state index in [-0.39, 0.29) is 5.60 Å². The molecule has 0 saturated carbocycles. The van der Waals surface area contributed by atoms with Gasteiger partial charge < -0.3 is 4.74 Å². The van der Waals surface area contributed by atoms with E-state index < -0.39 is 0 Å². The topological polar surface area (TPSA) is 47.3 Å². The van der Waals surface area contributed by atoms with Crippen LogP contribution in [0, 0.1) is 5.92 Å². The second-order valence-corrected chi connectivity index (χ2v) is 10.2. The van der Waals surface area contributed by atoms with E-state index in [2.05, 4.69) is 47.6 Å². The monoisotopic (exact) mass is 348 g/mol. The maximum atomic E-state index is 6.19. The van der Waals surface area contributed by atoms with Crippen LogP contribution in [0.15, 0.2) is 0 Å². The van der Waals surface area contributed by atoms with Crippen LogP contribution in [-0.4, -0.2) is 51.8 Å². The summed E-state index contributed by atoms with van der Waals surface area (Å²) in [6, 6.07) is 0.444. The first-order valence-electron chi connectivity index (χ1n) is 8.19. The maximum absolute atomic E-state index is 6.19. The van der Waals surface area contributed by atoms with Crippen molar-refractivity contribution in [2.45, 2.75) is 54.7 Å². The van der Waals surface area contributed by atoms with Gasteiger partial charge in [-0.25, -0.2) is 0 Å². The maximum Gasteiger partial charge on any atom is 0.0783 e. The summed E-state index contributed by atoms with van der Waals surface area (Å²) >= 11 is 6.35. The average Bonchev–Trinajstić information content (AvgIpc) is 2.96. The molecule has 3 nitrogen and oxygen atoms in total. The predicted octanol–water partition coefficient (Wildman–Crippen LogP) is 2.75. The normalized spacial score (nSPS) is 42.3. The van der Waals surface area contributed by atoms with Crippen molar-refractivity contribution in [3.05, 3.63) is 0 Å². The number of hydrogen-bond donors (Lipinski definition) is 2. The summed E-state index contributed by atoms with van der Waals surface area (Å²) in [4.78, 5) is 0. The highest BCUT2D eigenvalue weighted by molar-refractivity contribution is 8.07. The highest BCUT2D eigenvalue weighted by atomic mass is 32.2. The third kappa shape index (κ3) is 3.72. The van der Waals surface area contributed by atoms with Crippen LogP contribution in [0.1, 0.15) is 32.6 Å². The van der Waals surface area contributed by atoms with E-state index in [0.717, 1.165) is 11.9 Å². The molecule has 3 heterocycles. The van der Waals surface area contributed by atoms with Gasteiger partial charge in [-0.2, -0.15) is 35.3 Å². The van der Waals surface area contributed by atoms with Gasteiger partial charge in [0.05, 0.1) is 5.60 Å². The number of rotatable bonds is 4. The summed E-state index contributed by atoms with van der Waals surface area (Å²) in [5.41, 5.74) is 3.38. The highest BCUT2D eigenvalue weighted by Gasteiger charge is 2.45. The molecular weight excluding hydrogens is 320 g/mol. The smallest absolute Gasteiger partial charge is 0.0783 e. The Morgan fingerprint density at radius 3 is 2.90 bits per heavy atom. The van der Waals surface area contributed by atoms with E-state index in [9.17, 15) is 0 Å². The number of nitrogens with one attached hydrogen (secondary N) is 1. The Kier molecular flexibility index (Phi) is 6.12. The molecule has 0 aromatic carbocycles. The van der Waals surface area contributed by atoms with Gasteiger partial charge in [-0.05, 0) is 37.4 Å². The molecule has 0 amide bonds. The van der Waals surface area contributed by atoms with Crippen molar-refractivity contribution >= 4 is 35.3 Å². The number of hydrogen-bond acceptors (Lipinski definition) is 6. The lowest BCUT2D eigenvalue weighted by atomic mass is 9.79. The van der Waals surface area contributed by atoms with Crippen molar-refractivity contribution in [1.82, 2.24) is 5.43 Å². The van der Waals surface area contributed by atoms with E-state index >= 15 is 0 Å². The molecule has 0 bridgehead atoms. The number of nitrogens with two attached hydrogens (primary N) is 1. The molecule has 3 saturated heterocycles. The largest absolute Gasteiger partial charge is 0.374 e. The van der Waals surface area contributed by atoms with E-state index in [0.29, 0.717) is 17.2 Å².